The Morgan fingerprint density at radius 2 is 1.85 bits per heavy atom. The summed E-state index contributed by atoms with van der Waals surface area (Å²) in [6.07, 6.45) is 0.194. The van der Waals surface area contributed by atoms with E-state index in [2.05, 4.69) is 0 Å². The van der Waals surface area contributed by atoms with Crippen LogP contribution in [0.25, 0.3) is 0 Å². The minimum atomic E-state index is 0.194. The molecular weight excluding hydrogens is 162 g/mol. The van der Waals surface area contributed by atoms with Gasteiger partial charge in [0.05, 0.1) is 6.10 Å². The molecular formula is C11H17NO. The van der Waals surface area contributed by atoms with Crippen molar-refractivity contribution in [1.82, 2.24) is 0 Å². The number of anilines is 1. The zero-order chi connectivity index (χ0) is 10.0. The Balaban J connectivity index is 3.05. The van der Waals surface area contributed by atoms with Gasteiger partial charge in [-0.15, -0.1) is 0 Å². The first-order valence-electron chi connectivity index (χ1n) is 4.54. The predicted molar refractivity (Wildman–Crippen MR) is 56.1 cm³/mol. The molecule has 0 saturated carbocycles. The van der Waals surface area contributed by atoms with Crippen LogP contribution in [0, 0.1) is 13.8 Å². The number of nitrogen functional groups attached to an aromatic ring is 1. The lowest BCUT2D eigenvalue weighted by Crippen LogP contribution is -2.07. The molecule has 2 N–H and O–H groups in total. The molecule has 13 heavy (non-hydrogen) atoms. The highest BCUT2D eigenvalue weighted by Crippen LogP contribution is 2.26. The fourth-order valence-corrected chi connectivity index (χ4v) is 1.23. The summed E-state index contributed by atoms with van der Waals surface area (Å²) in [6.45, 7) is 8.02. The van der Waals surface area contributed by atoms with Crippen LogP contribution in [0.4, 0.5) is 5.69 Å². The van der Waals surface area contributed by atoms with Crippen molar-refractivity contribution < 1.29 is 4.74 Å². The Morgan fingerprint density at radius 3 is 2.38 bits per heavy atom. The van der Waals surface area contributed by atoms with Crippen molar-refractivity contribution in [2.75, 3.05) is 5.73 Å². The monoisotopic (exact) mass is 179 g/mol. The van der Waals surface area contributed by atoms with E-state index in [0.29, 0.717) is 0 Å². The lowest BCUT2D eigenvalue weighted by Gasteiger charge is -2.14. The molecule has 2 heteroatoms. The molecule has 0 aromatic heterocycles. The van der Waals surface area contributed by atoms with Crippen LogP contribution in [0.15, 0.2) is 12.1 Å². The third-order valence-corrected chi connectivity index (χ3v) is 1.91. The van der Waals surface area contributed by atoms with Crippen LogP contribution in [0.5, 0.6) is 5.75 Å². The Hall–Kier alpha value is -1.18. The molecule has 0 heterocycles. The Kier molecular flexibility index (Phi) is 2.81. The molecule has 0 radical (unpaired) electrons. The van der Waals surface area contributed by atoms with Crippen molar-refractivity contribution in [1.29, 1.82) is 0 Å². The van der Waals surface area contributed by atoms with Gasteiger partial charge < -0.3 is 10.5 Å². The summed E-state index contributed by atoms with van der Waals surface area (Å²) >= 11 is 0. The van der Waals surface area contributed by atoms with Gasteiger partial charge in [0, 0.05) is 11.3 Å². The third kappa shape index (κ3) is 2.38. The van der Waals surface area contributed by atoms with Gasteiger partial charge in [0.2, 0.25) is 0 Å². The van der Waals surface area contributed by atoms with Crippen molar-refractivity contribution >= 4 is 5.69 Å². The molecule has 0 amide bonds. The first-order chi connectivity index (χ1) is 6.00. The van der Waals surface area contributed by atoms with Crippen LogP contribution >= 0.6 is 0 Å². The van der Waals surface area contributed by atoms with Gasteiger partial charge in [0.15, 0.2) is 0 Å². The van der Waals surface area contributed by atoms with Crippen molar-refractivity contribution in [2.24, 2.45) is 0 Å². The highest BCUT2D eigenvalue weighted by atomic mass is 16.5. The van der Waals surface area contributed by atoms with E-state index >= 15 is 0 Å². The number of rotatable bonds is 2. The fourth-order valence-electron chi connectivity index (χ4n) is 1.23. The van der Waals surface area contributed by atoms with Gasteiger partial charge in [-0.25, -0.2) is 0 Å². The number of nitrogens with two attached hydrogens (primary N) is 1. The molecule has 0 saturated heterocycles. The third-order valence-electron chi connectivity index (χ3n) is 1.91. The first kappa shape index (κ1) is 9.90. The molecule has 0 aliphatic rings. The Bertz CT molecular complexity index is 305. The van der Waals surface area contributed by atoms with Gasteiger partial charge in [-0.3, -0.25) is 0 Å². The van der Waals surface area contributed by atoms with E-state index in [1.807, 2.05) is 39.8 Å². The van der Waals surface area contributed by atoms with Crippen LogP contribution in [-0.4, -0.2) is 6.10 Å². The van der Waals surface area contributed by atoms with E-state index in [-0.39, 0.29) is 6.10 Å². The minimum Gasteiger partial charge on any atom is -0.491 e. The second-order valence-electron chi connectivity index (χ2n) is 3.64. The van der Waals surface area contributed by atoms with Gasteiger partial charge in [-0.2, -0.15) is 0 Å². The molecule has 0 atom stereocenters. The van der Waals surface area contributed by atoms with Gasteiger partial charge in [0.25, 0.3) is 0 Å². The summed E-state index contributed by atoms with van der Waals surface area (Å²) in [4.78, 5) is 0. The van der Waals surface area contributed by atoms with Crippen LogP contribution in [0.3, 0.4) is 0 Å². The smallest absolute Gasteiger partial charge is 0.124 e. The lowest BCUT2D eigenvalue weighted by atomic mass is 10.1. The number of ether oxygens (including phenoxy) is 1. The fraction of sp³-hybridized carbons (Fsp3) is 0.455. The van der Waals surface area contributed by atoms with E-state index < -0.39 is 0 Å². The standard InChI is InChI=1S/C11H17NO/c1-7(2)13-11-6-8(3)5-10(12)9(11)4/h5-7H,12H2,1-4H3. The molecule has 72 valence electrons. The zero-order valence-corrected chi connectivity index (χ0v) is 8.72. The molecule has 0 bridgehead atoms. The van der Waals surface area contributed by atoms with Gasteiger partial charge in [0.1, 0.15) is 5.75 Å². The van der Waals surface area contributed by atoms with Crippen molar-refractivity contribution in [3.05, 3.63) is 23.3 Å². The van der Waals surface area contributed by atoms with Gasteiger partial charge >= 0.3 is 0 Å². The van der Waals surface area contributed by atoms with Crippen molar-refractivity contribution in [2.45, 2.75) is 33.8 Å². The molecule has 0 aliphatic heterocycles. The average Bonchev–Trinajstić information content (AvgIpc) is 1.98. The van der Waals surface area contributed by atoms with Crippen molar-refractivity contribution in [3.63, 3.8) is 0 Å². The maximum atomic E-state index is 5.82. The number of hydrogen-bond acceptors (Lipinski definition) is 2. The molecule has 1 aromatic carbocycles. The SMILES string of the molecule is Cc1cc(N)c(C)c(OC(C)C)c1. The summed E-state index contributed by atoms with van der Waals surface area (Å²) in [5.41, 5.74) is 8.78. The second kappa shape index (κ2) is 3.69. The predicted octanol–water partition coefficient (Wildman–Crippen LogP) is 2.67. The number of benzene rings is 1. The maximum Gasteiger partial charge on any atom is 0.124 e. The molecule has 0 fully saturated rings. The summed E-state index contributed by atoms with van der Waals surface area (Å²) in [5.74, 6) is 0.896. The van der Waals surface area contributed by atoms with E-state index in [4.69, 9.17) is 10.5 Å². The first-order valence-corrected chi connectivity index (χ1v) is 4.54. The topological polar surface area (TPSA) is 35.2 Å². The normalized spacial score (nSPS) is 10.5. The summed E-state index contributed by atoms with van der Waals surface area (Å²) in [5, 5.41) is 0. The lowest BCUT2D eigenvalue weighted by molar-refractivity contribution is 0.241. The molecule has 2 nitrogen and oxygen atoms in total. The largest absolute Gasteiger partial charge is 0.491 e. The minimum absolute atomic E-state index is 0.194. The van der Waals surface area contributed by atoms with E-state index in [1.165, 1.54) is 0 Å². The summed E-state index contributed by atoms with van der Waals surface area (Å²) < 4.78 is 5.63. The van der Waals surface area contributed by atoms with E-state index in [9.17, 15) is 0 Å². The van der Waals surface area contributed by atoms with Gasteiger partial charge in [-0.05, 0) is 45.4 Å². The number of aryl methyl sites for hydroxylation is 1. The summed E-state index contributed by atoms with van der Waals surface area (Å²) in [7, 11) is 0. The van der Waals surface area contributed by atoms with Crippen LogP contribution in [-0.2, 0) is 0 Å². The van der Waals surface area contributed by atoms with Crippen LogP contribution in [0.2, 0.25) is 0 Å². The average molecular weight is 179 g/mol. The summed E-state index contributed by atoms with van der Waals surface area (Å²) in [6, 6.07) is 3.98. The van der Waals surface area contributed by atoms with E-state index in [1.54, 1.807) is 0 Å². The molecule has 0 unspecified atom stereocenters. The Morgan fingerprint density at radius 1 is 1.23 bits per heavy atom. The number of hydrogen-bond donors (Lipinski definition) is 1. The van der Waals surface area contributed by atoms with E-state index in [0.717, 1.165) is 22.6 Å². The molecule has 0 spiro atoms. The zero-order valence-electron chi connectivity index (χ0n) is 8.72. The maximum absolute atomic E-state index is 5.82. The van der Waals surface area contributed by atoms with Crippen LogP contribution < -0.4 is 10.5 Å². The van der Waals surface area contributed by atoms with Gasteiger partial charge in [-0.1, -0.05) is 0 Å². The Labute approximate surface area is 79.7 Å². The highest BCUT2D eigenvalue weighted by Gasteiger charge is 2.05. The molecule has 1 rings (SSSR count). The molecule has 0 aliphatic carbocycles. The van der Waals surface area contributed by atoms with Crippen molar-refractivity contribution in [3.8, 4) is 5.75 Å². The molecule has 1 aromatic rings. The second-order valence-corrected chi connectivity index (χ2v) is 3.64. The highest BCUT2D eigenvalue weighted by molar-refractivity contribution is 5.55. The van der Waals surface area contributed by atoms with Crippen LogP contribution in [0.1, 0.15) is 25.0 Å². The quantitative estimate of drug-likeness (QED) is 0.708.